The normalized spacial score (nSPS) is 64.4. The van der Waals surface area contributed by atoms with E-state index >= 15 is 0 Å². The maximum Gasteiger partial charge on any atom is 0.165 e. The van der Waals surface area contributed by atoms with Gasteiger partial charge in [0.1, 0.15) is 5.60 Å². The van der Waals surface area contributed by atoms with Gasteiger partial charge in [0.25, 0.3) is 0 Å². The molecule has 6 aliphatic rings. The average molecular weight is 350 g/mol. The number of rotatable bonds is 0. The highest BCUT2D eigenvalue weighted by atomic mass is 16.7. The van der Waals surface area contributed by atoms with Gasteiger partial charge in [-0.3, -0.25) is 0 Å². The fraction of sp³-hybridized carbons (Fsp3) is 1.00. The van der Waals surface area contributed by atoms with Gasteiger partial charge in [-0.1, -0.05) is 27.7 Å². The molecule has 140 valence electrons. The van der Waals surface area contributed by atoms with Crippen molar-refractivity contribution in [3.05, 3.63) is 0 Å². The van der Waals surface area contributed by atoms with Gasteiger partial charge in [-0.25, -0.2) is 0 Å². The largest absolute Gasteiger partial charge is 0.390 e. The van der Waals surface area contributed by atoms with Crippen molar-refractivity contribution in [3.8, 4) is 0 Å². The zero-order chi connectivity index (χ0) is 17.4. The molecule has 2 saturated carbocycles. The molecule has 0 aromatic carbocycles. The molecule has 2 spiro atoms. The summed E-state index contributed by atoms with van der Waals surface area (Å²) in [6.45, 7) is 11.2. The topological polar surface area (TPSA) is 57.2 Å². The van der Waals surface area contributed by atoms with E-state index in [1.54, 1.807) is 0 Å². The second-order valence-electron chi connectivity index (χ2n) is 10.6. The number of hydrogen-bond donors (Lipinski definition) is 1. The van der Waals surface area contributed by atoms with Gasteiger partial charge in [-0.2, -0.15) is 0 Å². The van der Waals surface area contributed by atoms with Gasteiger partial charge in [-0.15, -0.1) is 0 Å². The predicted molar refractivity (Wildman–Crippen MR) is 88.7 cm³/mol. The molecular formula is C20H30O5. The zero-order valence-corrected chi connectivity index (χ0v) is 15.7. The Morgan fingerprint density at radius 2 is 1.92 bits per heavy atom. The molecule has 5 unspecified atom stereocenters. The minimum Gasteiger partial charge on any atom is -0.390 e. The first-order chi connectivity index (χ1) is 11.8. The maximum atomic E-state index is 11.7. The fourth-order valence-electron chi connectivity index (χ4n) is 8.57. The number of aliphatic hydroxyl groups is 1. The molecule has 0 radical (unpaired) electrons. The van der Waals surface area contributed by atoms with Crippen molar-refractivity contribution in [1.29, 1.82) is 0 Å². The lowest BCUT2D eigenvalue weighted by atomic mass is 9.52. The summed E-state index contributed by atoms with van der Waals surface area (Å²) in [6.07, 6.45) is 1.19. The number of fused-ring (bicyclic) bond motifs is 1. The quantitative estimate of drug-likeness (QED) is 0.724. The molecule has 0 amide bonds. The minimum absolute atomic E-state index is 0.0554. The van der Waals surface area contributed by atoms with E-state index in [0.717, 1.165) is 19.4 Å². The van der Waals surface area contributed by atoms with E-state index in [9.17, 15) is 5.11 Å². The van der Waals surface area contributed by atoms with E-state index in [0.29, 0.717) is 25.0 Å². The monoisotopic (exact) mass is 350 g/mol. The van der Waals surface area contributed by atoms with Gasteiger partial charge >= 0.3 is 0 Å². The number of aliphatic hydroxyl groups excluding tert-OH is 1. The summed E-state index contributed by atoms with van der Waals surface area (Å²) in [5, 5.41) is 11.7. The standard InChI is InChI=1S/C20H30O5/c1-10-8-23-14-13(10)19-9-24-12-7-11(17(2,3)4)18(20(12,19)15(14)21)5-6-22-16(18)25-19/h10-16,21H,5-9H2,1-4H3/t10-,11+,12?,13+,14?,15+,16+,18?,19?,20?/m1/s1. The van der Waals surface area contributed by atoms with Crippen LogP contribution >= 0.6 is 0 Å². The third kappa shape index (κ3) is 1.31. The molecule has 2 aliphatic carbocycles. The predicted octanol–water partition coefficient (Wildman–Crippen LogP) is 1.96. The molecule has 0 aromatic rings. The Kier molecular flexibility index (Phi) is 2.70. The molecule has 0 bridgehead atoms. The van der Waals surface area contributed by atoms with Gasteiger partial charge in [0.2, 0.25) is 0 Å². The van der Waals surface area contributed by atoms with Crippen LogP contribution in [0.25, 0.3) is 0 Å². The van der Waals surface area contributed by atoms with Crippen LogP contribution in [0.5, 0.6) is 0 Å². The van der Waals surface area contributed by atoms with E-state index in [4.69, 9.17) is 18.9 Å². The highest BCUT2D eigenvalue weighted by Crippen LogP contribution is 2.83. The zero-order valence-electron chi connectivity index (χ0n) is 15.7. The van der Waals surface area contributed by atoms with Crippen molar-refractivity contribution in [1.82, 2.24) is 0 Å². The van der Waals surface area contributed by atoms with E-state index in [1.807, 2.05) is 0 Å². The smallest absolute Gasteiger partial charge is 0.165 e. The summed E-state index contributed by atoms with van der Waals surface area (Å²) >= 11 is 0. The first-order valence-corrected chi connectivity index (χ1v) is 10.0. The Morgan fingerprint density at radius 3 is 2.68 bits per heavy atom. The molecule has 25 heavy (non-hydrogen) atoms. The van der Waals surface area contributed by atoms with Crippen LogP contribution in [0.3, 0.4) is 0 Å². The van der Waals surface area contributed by atoms with Crippen LogP contribution in [-0.4, -0.2) is 55.1 Å². The van der Waals surface area contributed by atoms with Crippen LogP contribution in [0.1, 0.15) is 40.5 Å². The highest BCUT2D eigenvalue weighted by molar-refractivity contribution is 5.38. The van der Waals surface area contributed by atoms with Crippen LogP contribution in [0.2, 0.25) is 0 Å². The van der Waals surface area contributed by atoms with Crippen molar-refractivity contribution < 1.29 is 24.1 Å². The van der Waals surface area contributed by atoms with Crippen molar-refractivity contribution in [2.24, 2.45) is 34.0 Å². The molecule has 5 nitrogen and oxygen atoms in total. The van der Waals surface area contributed by atoms with Gasteiger partial charge in [0.05, 0.1) is 43.5 Å². The number of ether oxygens (including phenoxy) is 4. The first kappa shape index (κ1) is 15.8. The summed E-state index contributed by atoms with van der Waals surface area (Å²) in [4.78, 5) is 0. The first-order valence-electron chi connectivity index (χ1n) is 10.0. The van der Waals surface area contributed by atoms with Gasteiger partial charge < -0.3 is 24.1 Å². The van der Waals surface area contributed by atoms with Crippen LogP contribution in [-0.2, 0) is 18.9 Å². The van der Waals surface area contributed by atoms with Gasteiger partial charge in [-0.05, 0) is 30.1 Å². The summed E-state index contributed by atoms with van der Waals surface area (Å²) in [7, 11) is 0. The molecule has 10 atom stereocenters. The van der Waals surface area contributed by atoms with E-state index in [2.05, 4.69) is 27.7 Å². The maximum absolute atomic E-state index is 11.7. The Hall–Kier alpha value is -0.200. The van der Waals surface area contributed by atoms with Crippen LogP contribution in [0, 0.1) is 34.0 Å². The molecule has 6 fully saturated rings. The van der Waals surface area contributed by atoms with E-state index < -0.39 is 11.7 Å². The van der Waals surface area contributed by atoms with E-state index in [1.165, 1.54) is 0 Å². The SMILES string of the molecule is C[C@@H]1COC2[C@H]1C13COC4C[C@@H](C(C)(C)C)C5(CCO[C@H]5O1)C43[C@H]2O. The Morgan fingerprint density at radius 1 is 1.12 bits per heavy atom. The fourth-order valence-corrected chi connectivity index (χ4v) is 8.57. The molecular weight excluding hydrogens is 320 g/mol. The summed E-state index contributed by atoms with van der Waals surface area (Å²) in [5.74, 6) is 1.01. The minimum atomic E-state index is -0.519. The van der Waals surface area contributed by atoms with Gasteiger partial charge in [0.15, 0.2) is 6.29 Å². The Bertz CT molecular complexity index is 630. The van der Waals surface area contributed by atoms with Crippen LogP contribution in [0.4, 0.5) is 0 Å². The number of hydrogen-bond acceptors (Lipinski definition) is 5. The second-order valence-corrected chi connectivity index (χ2v) is 10.6. The summed E-state index contributed by atoms with van der Waals surface area (Å²) in [6, 6.07) is 0. The summed E-state index contributed by atoms with van der Waals surface area (Å²) in [5.41, 5.74) is -0.844. The molecule has 5 heteroatoms. The van der Waals surface area contributed by atoms with Crippen molar-refractivity contribution in [2.75, 3.05) is 19.8 Å². The van der Waals surface area contributed by atoms with Crippen molar-refractivity contribution >= 4 is 0 Å². The summed E-state index contributed by atoms with van der Waals surface area (Å²) < 4.78 is 25.6. The third-order valence-corrected chi connectivity index (χ3v) is 8.95. The Balaban J connectivity index is 1.62. The van der Waals surface area contributed by atoms with Crippen LogP contribution < -0.4 is 0 Å². The molecule has 1 N–H and O–H groups in total. The molecule has 4 saturated heterocycles. The lowest BCUT2D eigenvalue weighted by Gasteiger charge is -2.48. The second kappa shape index (κ2) is 4.27. The highest BCUT2D eigenvalue weighted by Gasteiger charge is 2.93. The molecule has 6 rings (SSSR count). The van der Waals surface area contributed by atoms with Crippen molar-refractivity contribution in [2.45, 2.75) is 70.7 Å². The lowest BCUT2D eigenvalue weighted by molar-refractivity contribution is -0.199. The third-order valence-electron chi connectivity index (χ3n) is 8.95. The molecule has 4 heterocycles. The van der Waals surface area contributed by atoms with E-state index in [-0.39, 0.29) is 40.7 Å². The Labute approximate surface area is 149 Å². The van der Waals surface area contributed by atoms with Crippen molar-refractivity contribution in [3.63, 3.8) is 0 Å². The van der Waals surface area contributed by atoms with Crippen LogP contribution in [0.15, 0.2) is 0 Å². The molecule has 4 aliphatic heterocycles. The van der Waals surface area contributed by atoms with Gasteiger partial charge in [0, 0.05) is 11.3 Å². The average Bonchev–Trinajstić information content (AvgIpc) is 3.25. The lowest BCUT2D eigenvalue weighted by Crippen LogP contribution is -2.58. The molecule has 0 aromatic heterocycles.